The Morgan fingerprint density at radius 2 is 1.75 bits per heavy atom. The van der Waals surface area contributed by atoms with Crippen LogP contribution in [0.15, 0.2) is 0 Å². The fraction of sp³-hybridized carbons (Fsp3) is 0.789. The van der Waals surface area contributed by atoms with Crippen molar-refractivity contribution in [1.29, 1.82) is 0 Å². The van der Waals surface area contributed by atoms with E-state index >= 15 is 0 Å². The monoisotopic (exact) mass is 416 g/mol. The van der Waals surface area contributed by atoms with Crippen LogP contribution < -0.4 is 10.6 Å². The molecule has 1 saturated heterocycles. The van der Waals surface area contributed by atoms with Gasteiger partial charge in [-0.05, 0) is 13.8 Å². The average Bonchev–Trinajstić information content (AvgIpc) is 2.60. The number of ketones is 1. The van der Waals surface area contributed by atoms with E-state index in [0.29, 0.717) is 25.3 Å². The third-order valence-corrected chi connectivity index (χ3v) is 5.09. The van der Waals surface area contributed by atoms with E-state index in [4.69, 9.17) is 9.47 Å². The van der Waals surface area contributed by atoms with Gasteiger partial charge in [-0.15, -0.1) is 0 Å². The van der Waals surface area contributed by atoms with E-state index in [9.17, 15) is 19.2 Å². The third-order valence-electron chi connectivity index (χ3n) is 4.22. The van der Waals surface area contributed by atoms with E-state index < -0.39 is 17.3 Å². The molecule has 0 aromatic carbocycles. The summed E-state index contributed by atoms with van der Waals surface area (Å²) in [4.78, 5) is 47.0. The highest BCUT2D eigenvalue weighted by molar-refractivity contribution is 8.13. The molecule has 1 rings (SSSR count). The van der Waals surface area contributed by atoms with Gasteiger partial charge in [0.2, 0.25) is 11.8 Å². The summed E-state index contributed by atoms with van der Waals surface area (Å²) < 4.78 is 11.3. The van der Waals surface area contributed by atoms with Crippen molar-refractivity contribution in [2.24, 2.45) is 5.41 Å². The number of nitrogens with one attached hydrogen (secondary N) is 2. The summed E-state index contributed by atoms with van der Waals surface area (Å²) in [7, 11) is 0. The first-order valence-corrected chi connectivity index (χ1v) is 10.5. The van der Waals surface area contributed by atoms with Crippen molar-refractivity contribution in [2.75, 3.05) is 25.4 Å². The second-order valence-electron chi connectivity index (χ2n) is 7.86. The normalized spacial score (nSPS) is 20.2. The molecule has 8 nitrogen and oxygen atoms in total. The summed E-state index contributed by atoms with van der Waals surface area (Å²) in [5.74, 6) is -0.988. The van der Waals surface area contributed by atoms with Crippen molar-refractivity contribution < 1.29 is 28.7 Å². The summed E-state index contributed by atoms with van der Waals surface area (Å²) in [5.41, 5.74) is -0.467. The fourth-order valence-electron chi connectivity index (χ4n) is 2.49. The van der Waals surface area contributed by atoms with Crippen LogP contribution in [0, 0.1) is 5.41 Å². The predicted octanol–water partition coefficient (Wildman–Crippen LogP) is 1.42. The highest BCUT2D eigenvalue weighted by Gasteiger charge is 2.45. The second-order valence-corrected chi connectivity index (χ2v) is 9.01. The molecule has 28 heavy (non-hydrogen) atoms. The molecule has 0 aliphatic carbocycles. The highest BCUT2D eigenvalue weighted by Crippen LogP contribution is 2.34. The molecule has 0 saturated carbocycles. The molecule has 1 atom stereocenters. The molecule has 2 amide bonds. The van der Waals surface area contributed by atoms with Gasteiger partial charge in [-0.1, -0.05) is 32.5 Å². The van der Waals surface area contributed by atoms with Gasteiger partial charge in [-0.3, -0.25) is 19.2 Å². The summed E-state index contributed by atoms with van der Waals surface area (Å²) in [6.07, 6.45) is -0.246. The molecule has 0 aromatic heterocycles. The zero-order valence-electron chi connectivity index (χ0n) is 17.4. The molecular weight excluding hydrogens is 384 g/mol. The minimum absolute atomic E-state index is 0.0669. The molecule has 0 radical (unpaired) electrons. The third kappa shape index (κ3) is 8.70. The number of amides is 2. The number of hydrogen-bond donors (Lipinski definition) is 2. The molecule has 0 spiro atoms. The maximum absolute atomic E-state index is 12.4. The summed E-state index contributed by atoms with van der Waals surface area (Å²) >= 11 is 1.04. The molecule has 0 unspecified atom stereocenters. The molecule has 0 aromatic rings. The van der Waals surface area contributed by atoms with Gasteiger partial charge < -0.3 is 20.1 Å². The van der Waals surface area contributed by atoms with Crippen LogP contribution in [0.25, 0.3) is 0 Å². The second kappa shape index (κ2) is 10.9. The Balaban J connectivity index is 2.24. The number of carbonyl (C=O) groups excluding carboxylic acids is 4. The van der Waals surface area contributed by atoms with Gasteiger partial charge in [-0.2, -0.15) is 0 Å². The van der Waals surface area contributed by atoms with E-state index in [0.717, 1.165) is 11.8 Å². The van der Waals surface area contributed by atoms with Gasteiger partial charge in [0.25, 0.3) is 0 Å². The van der Waals surface area contributed by atoms with Gasteiger partial charge in [0.15, 0.2) is 10.9 Å². The van der Waals surface area contributed by atoms with Crippen molar-refractivity contribution in [3.8, 4) is 0 Å². The summed E-state index contributed by atoms with van der Waals surface area (Å²) in [5, 5.41) is 5.24. The van der Waals surface area contributed by atoms with Crippen molar-refractivity contribution in [2.45, 2.75) is 65.8 Å². The van der Waals surface area contributed by atoms with Crippen LogP contribution in [0.1, 0.15) is 53.9 Å². The maximum Gasteiger partial charge on any atom is 0.249 e. The Morgan fingerprint density at radius 3 is 2.39 bits per heavy atom. The van der Waals surface area contributed by atoms with Crippen LogP contribution in [0.3, 0.4) is 0 Å². The zero-order chi connectivity index (χ0) is 21.4. The standard InChI is InChI=1S/C19H32N2O6S/c1-6-13(22)11-15(24)28-10-9-20-14(23)7-8-21-17(25)16-18(2,3)12-26-19(4,5)27-16/h16H,6-12H2,1-5H3,(H,20,23)(H,21,25)/t16-/m0/s1. The van der Waals surface area contributed by atoms with Crippen molar-refractivity contribution in [3.05, 3.63) is 0 Å². The van der Waals surface area contributed by atoms with E-state index in [1.807, 2.05) is 13.8 Å². The van der Waals surface area contributed by atoms with E-state index in [1.54, 1.807) is 20.8 Å². The maximum atomic E-state index is 12.4. The smallest absolute Gasteiger partial charge is 0.249 e. The molecule has 1 heterocycles. The Morgan fingerprint density at radius 1 is 1.07 bits per heavy atom. The topological polar surface area (TPSA) is 111 Å². The highest BCUT2D eigenvalue weighted by atomic mass is 32.2. The zero-order valence-corrected chi connectivity index (χ0v) is 18.2. The molecular formula is C19H32N2O6S. The number of hydrogen-bond acceptors (Lipinski definition) is 7. The lowest BCUT2D eigenvalue weighted by atomic mass is 9.85. The van der Waals surface area contributed by atoms with Crippen LogP contribution in [0.4, 0.5) is 0 Å². The Labute approximate surface area is 170 Å². The Hall–Kier alpha value is -1.45. The van der Waals surface area contributed by atoms with E-state index in [2.05, 4.69) is 10.6 Å². The van der Waals surface area contributed by atoms with Crippen LogP contribution >= 0.6 is 11.8 Å². The van der Waals surface area contributed by atoms with Crippen molar-refractivity contribution >= 4 is 34.5 Å². The lowest BCUT2D eigenvalue weighted by Crippen LogP contribution is -2.56. The van der Waals surface area contributed by atoms with Gasteiger partial charge >= 0.3 is 0 Å². The first-order valence-electron chi connectivity index (χ1n) is 9.50. The molecule has 1 fully saturated rings. The molecule has 1 aliphatic rings. The van der Waals surface area contributed by atoms with Gasteiger partial charge in [0.1, 0.15) is 11.9 Å². The number of thioether (sulfide) groups is 1. The minimum Gasteiger partial charge on any atom is -0.355 e. The van der Waals surface area contributed by atoms with Gasteiger partial charge in [0, 0.05) is 37.1 Å². The Bertz CT molecular complexity index is 591. The number of ether oxygens (including phenoxy) is 2. The average molecular weight is 417 g/mol. The predicted molar refractivity (Wildman–Crippen MR) is 107 cm³/mol. The first-order chi connectivity index (χ1) is 13.0. The number of carbonyl (C=O) groups is 4. The summed E-state index contributed by atoms with van der Waals surface area (Å²) in [6, 6.07) is 0. The van der Waals surface area contributed by atoms with Crippen LogP contribution in [0.2, 0.25) is 0 Å². The molecule has 9 heteroatoms. The lowest BCUT2D eigenvalue weighted by molar-refractivity contribution is -0.304. The van der Waals surface area contributed by atoms with Gasteiger partial charge in [0.05, 0.1) is 13.0 Å². The SMILES string of the molecule is CCC(=O)CC(=O)SCCNC(=O)CCNC(=O)[C@@H]1OC(C)(C)OCC1(C)C. The minimum atomic E-state index is -0.828. The van der Waals surface area contributed by atoms with Crippen LogP contribution in [0.5, 0.6) is 0 Å². The lowest BCUT2D eigenvalue weighted by Gasteiger charge is -2.44. The number of rotatable bonds is 10. The summed E-state index contributed by atoms with van der Waals surface area (Å²) in [6.45, 7) is 9.95. The van der Waals surface area contributed by atoms with Crippen LogP contribution in [-0.4, -0.2) is 60.1 Å². The molecule has 0 bridgehead atoms. The molecule has 160 valence electrons. The van der Waals surface area contributed by atoms with Crippen molar-refractivity contribution in [3.63, 3.8) is 0 Å². The van der Waals surface area contributed by atoms with Gasteiger partial charge in [-0.25, -0.2) is 0 Å². The van der Waals surface area contributed by atoms with Crippen LogP contribution in [-0.2, 0) is 28.7 Å². The van der Waals surface area contributed by atoms with E-state index in [-0.39, 0.29) is 42.1 Å². The molecule has 2 N–H and O–H groups in total. The Kier molecular flexibility index (Phi) is 9.59. The van der Waals surface area contributed by atoms with E-state index in [1.165, 1.54) is 0 Å². The van der Waals surface area contributed by atoms with Crippen molar-refractivity contribution in [1.82, 2.24) is 10.6 Å². The quantitative estimate of drug-likeness (QED) is 0.409. The fourth-order valence-corrected chi connectivity index (χ4v) is 3.19. The largest absolute Gasteiger partial charge is 0.355 e. The first kappa shape index (κ1) is 24.6. The molecule has 1 aliphatic heterocycles. The number of Topliss-reactive ketones (excluding diaryl/α,β-unsaturated/α-hetero) is 1.